The highest BCUT2D eigenvalue weighted by Crippen LogP contribution is 2.38. The average molecular weight is 518 g/mol. The Kier molecular flexibility index (Phi) is 9.21. The molecule has 0 spiro atoms. The molecular weight excluding hydrogens is 478 g/mol. The van der Waals surface area contributed by atoms with Crippen LogP contribution in [0.1, 0.15) is 50.5 Å². The summed E-state index contributed by atoms with van der Waals surface area (Å²) < 4.78 is 5.26. The zero-order valence-electron chi connectivity index (χ0n) is 22.2. The van der Waals surface area contributed by atoms with Crippen LogP contribution >= 0.6 is 0 Å². The minimum absolute atomic E-state index is 0.0739. The van der Waals surface area contributed by atoms with Crippen LogP contribution in [0.5, 0.6) is 5.75 Å². The standard InChI is InChI=1S/C31H39N3O4/c1-3-7-26(29(32)35)27(19-21-11-12-21)30(36)33-28-10-4-5-17-34(31(28)37)20-22-8-6-9-24(18-22)23-13-15-25(38-2)16-14-23/h3,6,8-9,13-16,18,21,26-28H,1,4-5,7,10-12,17,19-20H2,2H3,(H2,32,35)(H,33,36)/t26?,27?,28-/m0/s1. The molecule has 0 aromatic heterocycles. The van der Waals surface area contributed by atoms with E-state index in [-0.39, 0.29) is 11.8 Å². The number of methoxy groups -OCH3 is 1. The largest absolute Gasteiger partial charge is 0.497 e. The van der Waals surface area contributed by atoms with Crippen LogP contribution < -0.4 is 15.8 Å². The number of primary amides is 1. The number of carbonyl (C=O) groups is 3. The summed E-state index contributed by atoms with van der Waals surface area (Å²) in [5, 5.41) is 3.02. The Hall–Kier alpha value is -3.61. The van der Waals surface area contributed by atoms with E-state index in [2.05, 4.69) is 24.0 Å². The lowest BCUT2D eigenvalue weighted by Crippen LogP contribution is -2.50. The Morgan fingerprint density at radius 2 is 1.87 bits per heavy atom. The highest BCUT2D eigenvalue weighted by Gasteiger charge is 2.38. The number of nitrogens with zero attached hydrogens (tertiary/aromatic N) is 1. The summed E-state index contributed by atoms with van der Waals surface area (Å²) in [7, 11) is 1.65. The Balaban J connectivity index is 1.46. The lowest BCUT2D eigenvalue weighted by Gasteiger charge is -2.28. The molecule has 3 N–H and O–H groups in total. The van der Waals surface area contributed by atoms with Crippen LogP contribution in [-0.2, 0) is 20.9 Å². The maximum atomic E-state index is 13.6. The van der Waals surface area contributed by atoms with Gasteiger partial charge in [-0.1, -0.05) is 49.2 Å². The molecule has 0 bridgehead atoms. The van der Waals surface area contributed by atoms with Crippen molar-refractivity contribution in [2.75, 3.05) is 13.7 Å². The van der Waals surface area contributed by atoms with E-state index < -0.39 is 23.8 Å². The quantitative estimate of drug-likeness (QED) is 0.406. The van der Waals surface area contributed by atoms with Gasteiger partial charge in [-0.3, -0.25) is 14.4 Å². The molecule has 2 aliphatic rings. The van der Waals surface area contributed by atoms with Gasteiger partial charge in [0.2, 0.25) is 17.7 Å². The molecule has 3 amide bonds. The molecule has 7 nitrogen and oxygen atoms in total. The second kappa shape index (κ2) is 12.8. The summed E-state index contributed by atoms with van der Waals surface area (Å²) in [6, 6.07) is 15.5. The molecular formula is C31H39N3O4. The van der Waals surface area contributed by atoms with Crippen LogP contribution in [0.15, 0.2) is 61.2 Å². The molecule has 202 valence electrons. The fraction of sp³-hybridized carbons (Fsp3) is 0.452. The van der Waals surface area contributed by atoms with Gasteiger partial charge < -0.3 is 20.7 Å². The summed E-state index contributed by atoms with van der Waals surface area (Å²) in [4.78, 5) is 41.0. The van der Waals surface area contributed by atoms with Crippen LogP contribution in [0.2, 0.25) is 0 Å². The van der Waals surface area contributed by atoms with Gasteiger partial charge in [-0.2, -0.15) is 0 Å². The van der Waals surface area contributed by atoms with Gasteiger partial charge in [0.15, 0.2) is 0 Å². The summed E-state index contributed by atoms with van der Waals surface area (Å²) in [5.74, 6) is -0.707. The third-order valence-corrected chi connectivity index (χ3v) is 7.71. The second-order valence-electron chi connectivity index (χ2n) is 10.6. The third kappa shape index (κ3) is 7.03. The summed E-state index contributed by atoms with van der Waals surface area (Å²) in [5.41, 5.74) is 8.85. The van der Waals surface area contributed by atoms with Gasteiger partial charge in [0.05, 0.1) is 18.9 Å². The number of likely N-dealkylation sites (tertiary alicyclic amines) is 1. The minimum Gasteiger partial charge on any atom is -0.497 e. The average Bonchev–Trinajstić information content (AvgIpc) is 3.76. The van der Waals surface area contributed by atoms with Gasteiger partial charge in [0, 0.05) is 13.1 Å². The van der Waals surface area contributed by atoms with E-state index in [4.69, 9.17) is 10.5 Å². The first-order valence-corrected chi connectivity index (χ1v) is 13.6. The Bertz CT molecular complexity index is 1140. The van der Waals surface area contributed by atoms with Crippen LogP contribution in [0.4, 0.5) is 0 Å². The third-order valence-electron chi connectivity index (χ3n) is 7.71. The van der Waals surface area contributed by atoms with Gasteiger partial charge in [-0.05, 0) is 72.9 Å². The first kappa shape index (κ1) is 27.4. The zero-order chi connectivity index (χ0) is 27.1. The first-order valence-electron chi connectivity index (χ1n) is 13.6. The number of rotatable bonds is 12. The van der Waals surface area contributed by atoms with Crippen molar-refractivity contribution in [2.24, 2.45) is 23.5 Å². The molecule has 4 rings (SSSR count). The number of hydrogen-bond acceptors (Lipinski definition) is 4. The molecule has 7 heteroatoms. The lowest BCUT2D eigenvalue weighted by molar-refractivity contribution is -0.139. The van der Waals surface area contributed by atoms with Crippen LogP contribution in [0.3, 0.4) is 0 Å². The van der Waals surface area contributed by atoms with E-state index in [0.29, 0.717) is 38.3 Å². The molecule has 2 fully saturated rings. The number of hydrogen-bond donors (Lipinski definition) is 2. The van der Waals surface area contributed by atoms with Crippen LogP contribution in [0, 0.1) is 17.8 Å². The molecule has 1 heterocycles. The van der Waals surface area contributed by atoms with Gasteiger partial charge >= 0.3 is 0 Å². The smallest absolute Gasteiger partial charge is 0.245 e. The molecule has 1 saturated carbocycles. The second-order valence-corrected chi connectivity index (χ2v) is 10.6. The van der Waals surface area contributed by atoms with E-state index in [1.165, 1.54) is 0 Å². The highest BCUT2D eigenvalue weighted by molar-refractivity contribution is 5.91. The van der Waals surface area contributed by atoms with Gasteiger partial charge in [-0.25, -0.2) is 0 Å². The normalized spacial score (nSPS) is 19.2. The Morgan fingerprint density at radius 3 is 2.53 bits per heavy atom. The predicted octanol–water partition coefficient (Wildman–Crippen LogP) is 4.45. The SMILES string of the molecule is C=CCC(C(N)=O)C(CC1CC1)C(=O)N[C@H]1CCCCN(Cc2cccc(-c3ccc(OC)cc3)c2)C1=O. The minimum atomic E-state index is -0.606. The fourth-order valence-corrected chi connectivity index (χ4v) is 5.35. The first-order chi connectivity index (χ1) is 18.4. The summed E-state index contributed by atoms with van der Waals surface area (Å²) in [6.45, 7) is 4.85. The van der Waals surface area contributed by atoms with E-state index in [1.807, 2.05) is 41.3 Å². The van der Waals surface area contributed by atoms with Crippen molar-refractivity contribution >= 4 is 17.7 Å². The predicted molar refractivity (Wildman–Crippen MR) is 148 cm³/mol. The summed E-state index contributed by atoms with van der Waals surface area (Å²) in [6.07, 6.45) is 7.06. The molecule has 2 aromatic carbocycles. The fourth-order valence-electron chi connectivity index (χ4n) is 5.35. The molecule has 3 atom stereocenters. The maximum absolute atomic E-state index is 13.6. The number of amides is 3. The number of nitrogens with two attached hydrogens (primary N) is 1. The number of allylic oxidation sites excluding steroid dienone is 1. The van der Waals surface area contributed by atoms with Gasteiger partial charge in [-0.15, -0.1) is 6.58 Å². The van der Waals surface area contributed by atoms with E-state index >= 15 is 0 Å². The molecule has 0 radical (unpaired) electrons. The van der Waals surface area contributed by atoms with Crippen molar-refractivity contribution in [3.63, 3.8) is 0 Å². The Labute approximate surface area is 225 Å². The van der Waals surface area contributed by atoms with E-state index in [9.17, 15) is 14.4 Å². The Morgan fingerprint density at radius 1 is 1.11 bits per heavy atom. The number of ether oxygens (including phenoxy) is 1. The molecule has 38 heavy (non-hydrogen) atoms. The van der Waals surface area contributed by atoms with Crippen LogP contribution in [-0.4, -0.2) is 42.3 Å². The van der Waals surface area contributed by atoms with Crippen molar-refractivity contribution in [1.82, 2.24) is 10.2 Å². The lowest BCUT2D eigenvalue weighted by atomic mass is 9.83. The summed E-state index contributed by atoms with van der Waals surface area (Å²) >= 11 is 0. The van der Waals surface area contributed by atoms with E-state index in [0.717, 1.165) is 48.1 Å². The zero-order valence-corrected chi connectivity index (χ0v) is 22.2. The van der Waals surface area contributed by atoms with Crippen molar-refractivity contribution in [3.05, 3.63) is 66.7 Å². The topological polar surface area (TPSA) is 102 Å². The van der Waals surface area contributed by atoms with Crippen LogP contribution in [0.25, 0.3) is 11.1 Å². The molecule has 1 aliphatic heterocycles. The number of carbonyl (C=O) groups excluding carboxylic acids is 3. The highest BCUT2D eigenvalue weighted by atomic mass is 16.5. The molecule has 2 unspecified atom stereocenters. The number of benzene rings is 2. The monoisotopic (exact) mass is 517 g/mol. The maximum Gasteiger partial charge on any atom is 0.245 e. The van der Waals surface area contributed by atoms with Gasteiger partial charge in [0.25, 0.3) is 0 Å². The van der Waals surface area contributed by atoms with E-state index in [1.54, 1.807) is 13.2 Å². The molecule has 2 aromatic rings. The van der Waals surface area contributed by atoms with Crippen molar-refractivity contribution in [2.45, 2.75) is 57.5 Å². The molecule has 1 aliphatic carbocycles. The number of nitrogens with one attached hydrogen (secondary N) is 1. The van der Waals surface area contributed by atoms with Crippen molar-refractivity contribution in [3.8, 4) is 16.9 Å². The van der Waals surface area contributed by atoms with Crippen molar-refractivity contribution in [1.29, 1.82) is 0 Å². The van der Waals surface area contributed by atoms with Gasteiger partial charge in [0.1, 0.15) is 11.8 Å². The molecule has 1 saturated heterocycles. The van der Waals surface area contributed by atoms with Crippen molar-refractivity contribution < 1.29 is 19.1 Å².